The molecular formula is C9H13ClO3. The molecule has 0 atom stereocenters. The number of ether oxygens (including phenoxy) is 1. The van der Waals surface area contributed by atoms with Gasteiger partial charge in [-0.1, -0.05) is 19.3 Å². The first kappa shape index (κ1) is 10.5. The molecule has 0 spiro atoms. The van der Waals surface area contributed by atoms with E-state index in [0.29, 0.717) is 12.8 Å². The van der Waals surface area contributed by atoms with Crippen molar-refractivity contribution in [3.63, 3.8) is 0 Å². The predicted octanol–water partition coefficient (Wildman–Crippen LogP) is 1.88. The Labute approximate surface area is 82.4 Å². The van der Waals surface area contributed by atoms with Crippen LogP contribution in [0.2, 0.25) is 0 Å². The summed E-state index contributed by atoms with van der Waals surface area (Å²) in [5, 5.41) is -0.570. The molecule has 0 amide bonds. The Morgan fingerprint density at radius 2 is 1.77 bits per heavy atom. The first-order valence-corrected chi connectivity index (χ1v) is 4.79. The van der Waals surface area contributed by atoms with Gasteiger partial charge >= 0.3 is 5.97 Å². The number of carbonyl (C=O) groups is 2. The molecule has 1 fully saturated rings. The molecule has 3 nitrogen and oxygen atoms in total. The van der Waals surface area contributed by atoms with Crippen LogP contribution >= 0.6 is 11.6 Å². The molecule has 1 saturated carbocycles. The molecule has 0 bridgehead atoms. The second-order valence-corrected chi connectivity index (χ2v) is 3.75. The molecule has 0 heterocycles. The number of hydrogen-bond acceptors (Lipinski definition) is 3. The zero-order valence-corrected chi connectivity index (χ0v) is 8.39. The fourth-order valence-corrected chi connectivity index (χ4v) is 2.10. The van der Waals surface area contributed by atoms with Gasteiger partial charge in [-0.05, 0) is 24.4 Å². The van der Waals surface area contributed by atoms with Gasteiger partial charge in [-0.3, -0.25) is 9.59 Å². The molecule has 74 valence electrons. The van der Waals surface area contributed by atoms with Crippen molar-refractivity contribution in [3.8, 4) is 0 Å². The van der Waals surface area contributed by atoms with E-state index in [1.807, 2.05) is 0 Å². The summed E-state index contributed by atoms with van der Waals surface area (Å²) in [5.41, 5.74) is -1.05. The molecule has 13 heavy (non-hydrogen) atoms. The summed E-state index contributed by atoms with van der Waals surface area (Å²) in [6.07, 6.45) is 3.86. The maximum Gasteiger partial charge on any atom is 0.320 e. The number of halogens is 1. The topological polar surface area (TPSA) is 43.4 Å². The number of methoxy groups -OCH3 is 1. The molecule has 0 saturated heterocycles. The summed E-state index contributed by atoms with van der Waals surface area (Å²) in [7, 11) is 1.29. The molecule has 0 aliphatic heterocycles. The number of hydrogen-bond donors (Lipinski definition) is 0. The van der Waals surface area contributed by atoms with Crippen molar-refractivity contribution in [2.24, 2.45) is 5.41 Å². The Morgan fingerprint density at radius 1 is 1.23 bits per heavy atom. The predicted molar refractivity (Wildman–Crippen MR) is 48.4 cm³/mol. The monoisotopic (exact) mass is 204 g/mol. The van der Waals surface area contributed by atoms with Crippen LogP contribution in [0, 0.1) is 5.41 Å². The van der Waals surface area contributed by atoms with Crippen molar-refractivity contribution in [1.82, 2.24) is 0 Å². The highest BCUT2D eigenvalue weighted by molar-refractivity contribution is 6.66. The van der Waals surface area contributed by atoms with E-state index in [4.69, 9.17) is 11.6 Å². The number of rotatable bonds is 2. The van der Waals surface area contributed by atoms with E-state index in [1.54, 1.807) is 0 Å². The molecule has 1 aliphatic rings. The second kappa shape index (κ2) is 4.09. The summed E-state index contributed by atoms with van der Waals surface area (Å²) >= 11 is 5.45. The minimum Gasteiger partial charge on any atom is -0.468 e. The molecular weight excluding hydrogens is 192 g/mol. The van der Waals surface area contributed by atoms with Crippen molar-refractivity contribution in [2.75, 3.05) is 7.11 Å². The van der Waals surface area contributed by atoms with Gasteiger partial charge in [0.25, 0.3) is 0 Å². The average molecular weight is 205 g/mol. The highest BCUT2D eigenvalue weighted by atomic mass is 35.5. The van der Waals surface area contributed by atoms with Crippen molar-refractivity contribution in [3.05, 3.63) is 0 Å². The van der Waals surface area contributed by atoms with Crippen LogP contribution in [0.25, 0.3) is 0 Å². The van der Waals surface area contributed by atoms with Crippen LogP contribution in [0.4, 0.5) is 0 Å². The molecule has 0 N–H and O–H groups in total. The zero-order chi connectivity index (χ0) is 9.90. The Hall–Kier alpha value is -0.570. The molecule has 0 aromatic carbocycles. The minimum atomic E-state index is -1.05. The molecule has 0 aromatic rings. The first-order chi connectivity index (χ1) is 6.13. The lowest BCUT2D eigenvalue weighted by Gasteiger charge is -2.30. The maximum absolute atomic E-state index is 11.4. The summed E-state index contributed by atoms with van der Waals surface area (Å²) in [6.45, 7) is 0. The Balaban J connectivity index is 2.85. The summed E-state index contributed by atoms with van der Waals surface area (Å²) in [6, 6.07) is 0. The quantitative estimate of drug-likeness (QED) is 0.392. The summed E-state index contributed by atoms with van der Waals surface area (Å²) in [4.78, 5) is 22.6. The van der Waals surface area contributed by atoms with Gasteiger partial charge in [0.2, 0.25) is 5.24 Å². The normalized spacial score (nSPS) is 20.8. The van der Waals surface area contributed by atoms with Crippen molar-refractivity contribution >= 4 is 22.8 Å². The molecule has 0 aromatic heterocycles. The van der Waals surface area contributed by atoms with Crippen molar-refractivity contribution < 1.29 is 14.3 Å². The van der Waals surface area contributed by atoms with Crippen LogP contribution in [-0.4, -0.2) is 18.3 Å². The lowest BCUT2D eigenvalue weighted by Crippen LogP contribution is -2.39. The smallest absolute Gasteiger partial charge is 0.320 e. The van der Waals surface area contributed by atoms with Crippen LogP contribution < -0.4 is 0 Å². The fourth-order valence-electron chi connectivity index (χ4n) is 1.83. The second-order valence-electron chi connectivity index (χ2n) is 3.41. The lowest BCUT2D eigenvalue weighted by atomic mass is 9.75. The molecule has 0 radical (unpaired) electrons. The van der Waals surface area contributed by atoms with Gasteiger partial charge in [-0.25, -0.2) is 0 Å². The van der Waals surface area contributed by atoms with E-state index in [0.717, 1.165) is 19.3 Å². The molecule has 1 aliphatic carbocycles. The van der Waals surface area contributed by atoms with Crippen molar-refractivity contribution in [2.45, 2.75) is 32.1 Å². The van der Waals surface area contributed by atoms with Crippen LogP contribution in [0.5, 0.6) is 0 Å². The minimum absolute atomic E-state index is 0.479. The lowest BCUT2D eigenvalue weighted by molar-refractivity contribution is -0.157. The van der Waals surface area contributed by atoms with Gasteiger partial charge < -0.3 is 4.74 Å². The summed E-state index contributed by atoms with van der Waals surface area (Å²) in [5.74, 6) is -0.479. The van der Waals surface area contributed by atoms with Gasteiger partial charge in [-0.15, -0.1) is 0 Å². The highest BCUT2D eigenvalue weighted by Gasteiger charge is 2.46. The number of carbonyl (C=O) groups excluding carboxylic acids is 2. The highest BCUT2D eigenvalue weighted by Crippen LogP contribution is 2.39. The fraction of sp³-hybridized carbons (Fsp3) is 0.778. The van der Waals surface area contributed by atoms with Crippen LogP contribution in [0.1, 0.15) is 32.1 Å². The largest absolute Gasteiger partial charge is 0.468 e. The maximum atomic E-state index is 11.4. The SMILES string of the molecule is COC(=O)C1(C(=O)Cl)CCCCC1. The van der Waals surface area contributed by atoms with E-state index in [-0.39, 0.29) is 0 Å². The molecule has 1 rings (SSSR count). The van der Waals surface area contributed by atoms with Gasteiger partial charge in [-0.2, -0.15) is 0 Å². The Morgan fingerprint density at radius 3 is 2.15 bits per heavy atom. The van der Waals surface area contributed by atoms with Crippen LogP contribution in [0.3, 0.4) is 0 Å². The van der Waals surface area contributed by atoms with E-state index < -0.39 is 16.6 Å². The van der Waals surface area contributed by atoms with Crippen molar-refractivity contribution in [1.29, 1.82) is 0 Å². The van der Waals surface area contributed by atoms with E-state index in [2.05, 4.69) is 4.74 Å². The Bertz CT molecular complexity index is 219. The molecule has 4 heteroatoms. The average Bonchev–Trinajstić information content (AvgIpc) is 2.17. The van der Waals surface area contributed by atoms with Gasteiger partial charge in [0, 0.05) is 0 Å². The zero-order valence-electron chi connectivity index (χ0n) is 7.64. The van der Waals surface area contributed by atoms with Gasteiger partial charge in [0.05, 0.1) is 7.11 Å². The van der Waals surface area contributed by atoms with Gasteiger partial charge in [0.15, 0.2) is 0 Å². The van der Waals surface area contributed by atoms with Gasteiger partial charge in [0.1, 0.15) is 5.41 Å². The third kappa shape index (κ3) is 1.85. The third-order valence-electron chi connectivity index (χ3n) is 2.66. The van der Waals surface area contributed by atoms with Crippen LogP contribution in [-0.2, 0) is 14.3 Å². The third-order valence-corrected chi connectivity index (χ3v) is 3.02. The molecule has 0 unspecified atom stereocenters. The van der Waals surface area contributed by atoms with E-state index in [1.165, 1.54) is 7.11 Å². The number of esters is 1. The summed E-state index contributed by atoms with van der Waals surface area (Å²) < 4.78 is 4.61. The standard InChI is InChI=1S/C9H13ClO3/c1-13-8(12)9(7(10)11)5-3-2-4-6-9/h2-6H2,1H3. The first-order valence-electron chi connectivity index (χ1n) is 4.42. The van der Waals surface area contributed by atoms with E-state index in [9.17, 15) is 9.59 Å². The van der Waals surface area contributed by atoms with E-state index >= 15 is 0 Å². The van der Waals surface area contributed by atoms with Crippen LogP contribution in [0.15, 0.2) is 0 Å². The Kier molecular flexibility index (Phi) is 3.31.